The van der Waals surface area contributed by atoms with Crippen LogP contribution in [0.25, 0.3) is 10.9 Å². The molecule has 1 aromatic heterocycles. The molecule has 0 atom stereocenters. The van der Waals surface area contributed by atoms with Gasteiger partial charge in [-0.05, 0) is 37.1 Å². The third-order valence-electron chi connectivity index (χ3n) is 6.90. The Balaban J connectivity index is 0.000000526. The molecule has 2 heterocycles. The molecule has 290 valence electrons. The van der Waals surface area contributed by atoms with Gasteiger partial charge in [0.1, 0.15) is 30.3 Å². The topological polar surface area (TPSA) is 247 Å². The minimum absolute atomic E-state index is 0.00675. The monoisotopic (exact) mass is 775 g/mol. The first-order valence-electron chi connectivity index (χ1n) is 15.8. The van der Waals surface area contributed by atoms with Crippen molar-refractivity contribution in [1.82, 2.24) is 14.9 Å². The summed E-state index contributed by atoms with van der Waals surface area (Å²) in [5, 5.41) is 38.0. The first-order valence-corrected chi connectivity index (χ1v) is 16.2. The molecular formula is C35H39ClFN5O12. The molecule has 1 amide bonds. The van der Waals surface area contributed by atoms with Crippen LogP contribution >= 0.6 is 11.6 Å². The van der Waals surface area contributed by atoms with Gasteiger partial charge in [0.15, 0.2) is 0 Å². The second-order valence-electron chi connectivity index (χ2n) is 10.8. The lowest BCUT2D eigenvalue weighted by molar-refractivity contribution is -0.134. The number of carbonyl (C=O) groups excluding carboxylic acids is 1. The fourth-order valence-electron chi connectivity index (χ4n) is 4.41. The molecule has 17 nitrogen and oxygen atoms in total. The van der Waals surface area contributed by atoms with Crippen molar-refractivity contribution in [3.05, 3.63) is 83.5 Å². The predicted molar refractivity (Wildman–Crippen MR) is 195 cm³/mol. The summed E-state index contributed by atoms with van der Waals surface area (Å²) >= 11 is 5.94. The summed E-state index contributed by atoms with van der Waals surface area (Å²) in [6.45, 7) is 4.05. The lowest BCUT2D eigenvalue weighted by atomic mass is 10.0. The van der Waals surface area contributed by atoms with Gasteiger partial charge in [0.25, 0.3) is 0 Å². The number of aromatic nitrogens is 2. The van der Waals surface area contributed by atoms with Crippen molar-refractivity contribution < 1.29 is 63.0 Å². The van der Waals surface area contributed by atoms with E-state index >= 15 is 0 Å². The molecule has 54 heavy (non-hydrogen) atoms. The molecule has 1 fully saturated rings. The molecule has 4 rings (SSSR count). The van der Waals surface area contributed by atoms with Crippen LogP contribution in [0.4, 0.5) is 21.6 Å². The van der Waals surface area contributed by atoms with Gasteiger partial charge in [-0.3, -0.25) is 4.79 Å². The van der Waals surface area contributed by atoms with Gasteiger partial charge >= 0.3 is 23.9 Å². The van der Waals surface area contributed by atoms with Crippen molar-refractivity contribution in [2.75, 3.05) is 64.3 Å². The van der Waals surface area contributed by atoms with Crippen LogP contribution in [0.3, 0.4) is 0 Å². The molecule has 1 aliphatic rings. The number of aliphatic carboxylic acids is 4. The van der Waals surface area contributed by atoms with E-state index in [1.54, 1.807) is 38.5 Å². The molecule has 0 unspecified atom stereocenters. The fourth-order valence-corrected chi connectivity index (χ4v) is 4.59. The Kier molecular flexibility index (Phi) is 19.3. The van der Waals surface area contributed by atoms with Gasteiger partial charge in [-0.15, -0.1) is 0 Å². The Labute approximate surface area is 313 Å². The van der Waals surface area contributed by atoms with E-state index in [-0.39, 0.29) is 10.9 Å². The van der Waals surface area contributed by atoms with Crippen molar-refractivity contribution in [3.63, 3.8) is 0 Å². The van der Waals surface area contributed by atoms with Crippen molar-refractivity contribution >= 4 is 69.5 Å². The molecule has 0 spiro atoms. The lowest BCUT2D eigenvalue weighted by Crippen LogP contribution is -2.33. The maximum absolute atomic E-state index is 13.6. The second-order valence-corrected chi connectivity index (χ2v) is 11.2. The molecule has 0 aliphatic carbocycles. The number of carbonyl (C=O) groups is 5. The van der Waals surface area contributed by atoms with Gasteiger partial charge in [0.2, 0.25) is 5.91 Å². The number of carboxylic acid groups (broad SMARTS) is 4. The maximum atomic E-state index is 13.6. The molecule has 2 aromatic carbocycles. The molecule has 1 saturated heterocycles. The smallest absolute Gasteiger partial charge is 0.328 e. The Morgan fingerprint density at radius 2 is 1.44 bits per heavy atom. The van der Waals surface area contributed by atoms with Crippen LogP contribution < -0.4 is 15.4 Å². The van der Waals surface area contributed by atoms with E-state index in [1.165, 1.54) is 18.5 Å². The molecule has 6 N–H and O–H groups in total. The third kappa shape index (κ3) is 17.0. The average molecular weight is 776 g/mol. The summed E-state index contributed by atoms with van der Waals surface area (Å²) in [4.78, 5) is 62.2. The minimum atomic E-state index is -1.26. The number of piperidine rings is 1. The predicted octanol–water partition coefficient (Wildman–Crippen LogP) is 4.22. The number of carboxylic acids is 4. The molecule has 0 bridgehead atoms. The fraction of sp³-hybridized carbons (Fsp3) is 0.286. The number of fused-ring (bicyclic) bond motifs is 1. The van der Waals surface area contributed by atoms with Crippen molar-refractivity contribution in [1.29, 1.82) is 0 Å². The highest BCUT2D eigenvalue weighted by atomic mass is 35.5. The Bertz CT molecular complexity index is 1800. The summed E-state index contributed by atoms with van der Waals surface area (Å²) in [7, 11) is 3.29. The van der Waals surface area contributed by atoms with Gasteiger partial charge < -0.3 is 50.2 Å². The quantitative estimate of drug-likeness (QED) is 0.0934. The largest absolute Gasteiger partial charge is 0.489 e. The zero-order chi connectivity index (χ0) is 40.0. The first-order chi connectivity index (χ1) is 25.7. The van der Waals surface area contributed by atoms with Crippen LogP contribution in [-0.2, 0) is 33.4 Å². The lowest BCUT2D eigenvalue weighted by Gasteiger charge is -2.27. The standard InChI is InChI=1S/C27H31ClFN5O4.2C4H4O4/c1-36-10-9-34-7-5-18(6-8-34)13-26(35)33-24-15-20-23(16-25(24)38-12-11-37-2)30-17-31-27(20)32-19-3-4-22(29)21(28)14-19;2*5-3(6)1-2-4(7)8/h3-4,13-17H,5-12H2,1-2H3,(H,33,35)(H,30,31,32);2*1-2H,(H,5,6)(H,7,8)/b;2*2-1-. The first kappa shape index (κ1) is 44.2. The SMILES string of the molecule is COCCOc1cc2ncnc(Nc3ccc(F)c(Cl)c3)c2cc1NC(=O)C=C1CCN(CCOC)CC1.O=C(O)/C=C\C(=O)O.O=C(O)/C=C\C(=O)O. The normalized spacial score (nSPS) is 12.6. The number of halogens is 2. The van der Waals surface area contributed by atoms with E-state index in [2.05, 4.69) is 25.5 Å². The highest BCUT2D eigenvalue weighted by Gasteiger charge is 2.17. The number of nitrogens with zero attached hydrogens (tertiary/aromatic N) is 3. The van der Waals surface area contributed by atoms with Gasteiger partial charge in [0, 0.05) is 81.4 Å². The molecule has 0 radical (unpaired) electrons. The summed E-state index contributed by atoms with van der Waals surface area (Å²) < 4.78 is 29.8. The van der Waals surface area contributed by atoms with Gasteiger partial charge in [-0.2, -0.15) is 0 Å². The average Bonchev–Trinajstić information content (AvgIpc) is 3.12. The number of benzene rings is 2. The van der Waals surface area contributed by atoms with Crippen LogP contribution in [0.2, 0.25) is 5.02 Å². The minimum Gasteiger partial charge on any atom is -0.489 e. The number of likely N-dealkylation sites (tertiary alicyclic amines) is 1. The van der Waals surface area contributed by atoms with Crippen molar-refractivity contribution in [2.45, 2.75) is 12.8 Å². The van der Waals surface area contributed by atoms with Crippen LogP contribution in [0.1, 0.15) is 12.8 Å². The second kappa shape index (κ2) is 23.6. The summed E-state index contributed by atoms with van der Waals surface area (Å²) in [6.07, 6.45) is 6.96. The summed E-state index contributed by atoms with van der Waals surface area (Å²) in [5.41, 5.74) is 2.73. The van der Waals surface area contributed by atoms with E-state index in [0.717, 1.165) is 38.0 Å². The number of hydrogen-bond donors (Lipinski definition) is 6. The van der Waals surface area contributed by atoms with Crippen LogP contribution in [0.15, 0.2) is 72.6 Å². The number of anilines is 3. The number of amides is 1. The molecular weight excluding hydrogens is 737 g/mol. The van der Waals surface area contributed by atoms with E-state index in [9.17, 15) is 28.4 Å². The van der Waals surface area contributed by atoms with E-state index in [1.807, 2.05) is 0 Å². The van der Waals surface area contributed by atoms with Crippen LogP contribution in [-0.4, -0.2) is 119 Å². The summed E-state index contributed by atoms with van der Waals surface area (Å²) in [5.74, 6) is -4.84. The number of methoxy groups -OCH3 is 2. The van der Waals surface area contributed by atoms with Gasteiger partial charge in [-0.25, -0.2) is 33.5 Å². The highest BCUT2D eigenvalue weighted by Crippen LogP contribution is 2.34. The number of rotatable bonds is 15. The van der Waals surface area contributed by atoms with Crippen LogP contribution in [0.5, 0.6) is 5.75 Å². The maximum Gasteiger partial charge on any atom is 0.328 e. The Morgan fingerprint density at radius 3 is 1.98 bits per heavy atom. The molecule has 0 saturated carbocycles. The Hall–Kier alpha value is -5.95. The molecule has 1 aliphatic heterocycles. The highest BCUT2D eigenvalue weighted by molar-refractivity contribution is 6.31. The van der Waals surface area contributed by atoms with E-state index in [0.29, 0.717) is 78.0 Å². The van der Waals surface area contributed by atoms with Gasteiger partial charge in [0.05, 0.1) is 29.4 Å². The van der Waals surface area contributed by atoms with Crippen molar-refractivity contribution in [3.8, 4) is 5.75 Å². The van der Waals surface area contributed by atoms with E-state index < -0.39 is 29.7 Å². The van der Waals surface area contributed by atoms with E-state index in [4.69, 9.17) is 46.2 Å². The zero-order valence-electron chi connectivity index (χ0n) is 29.2. The molecule has 19 heteroatoms. The van der Waals surface area contributed by atoms with Gasteiger partial charge in [-0.1, -0.05) is 17.2 Å². The number of hydrogen-bond acceptors (Lipinski definition) is 12. The van der Waals surface area contributed by atoms with Crippen LogP contribution in [0, 0.1) is 5.82 Å². The number of ether oxygens (including phenoxy) is 3. The number of nitrogens with one attached hydrogen (secondary N) is 2. The zero-order valence-corrected chi connectivity index (χ0v) is 29.9. The summed E-state index contributed by atoms with van der Waals surface area (Å²) in [6, 6.07) is 7.81. The van der Waals surface area contributed by atoms with Crippen molar-refractivity contribution in [2.24, 2.45) is 0 Å². The molecule has 3 aromatic rings. The Morgan fingerprint density at radius 1 is 0.852 bits per heavy atom. The third-order valence-corrected chi connectivity index (χ3v) is 7.19.